The number of fused-ring (bicyclic) bond motifs is 1. The summed E-state index contributed by atoms with van der Waals surface area (Å²) in [6.45, 7) is 5.17. The molecule has 0 bridgehead atoms. The predicted molar refractivity (Wildman–Crippen MR) is 192 cm³/mol. The number of hydrogen-bond donors (Lipinski definition) is 2. The van der Waals surface area contributed by atoms with Crippen LogP contribution in [0.1, 0.15) is 25.3 Å². The number of likely N-dealkylation sites (tertiary alicyclic amines) is 1. The standard InChI is InChI=1S/C36H39N9O3S/c1-4-48-31-19-27(11-15-37-31)33-29-20-28(9-10-30(29)40-41-33)39-35(47)36(49-3)14-18-44(22-36)21-32(46)45-16-12-25(13-17-45)24-5-7-26(8-6-24)34-38-23-43(2)42-34/h5-12,15,19-20,23H,4,13-14,16-18,21-22H2,1-3H3,(H,39,47)(H,40,41)/t36-/m0/s1. The van der Waals surface area contributed by atoms with E-state index in [1.165, 1.54) is 5.57 Å². The molecule has 13 heteroatoms. The van der Waals surface area contributed by atoms with Crippen molar-refractivity contribution in [3.63, 3.8) is 0 Å². The van der Waals surface area contributed by atoms with Crippen molar-refractivity contribution < 1.29 is 14.3 Å². The van der Waals surface area contributed by atoms with Gasteiger partial charge in [0.25, 0.3) is 0 Å². The lowest BCUT2D eigenvalue weighted by Gasteiger charge is -2.29. The molecule has 0 radical (unpaired) electrons. The summed E-state index contributed by atoms with van der Waals surface area (Å²) in [5.74, 6) is 1.27. The van der Waals surface area contributed by atoms with E-state index >= 15 is 0 Å². The van der Waals surface area contributed by atoms with Gasteiger partial charge in [0, 0.05) is 67.7 Å². The van der Waals surface area contributed by atoms with Gasteiger partial charge < -0.3 is 15.0 Å². The van der Waals surface area contributed by atoms with Crippen molar-refractivity contribution in [3.8, 4) is 28.5 Å². The molecule has 2 amide bonds. The molecule has 252 valence electrons. The van der Waals surface area contributed by atoms with E-state index in [0.29, 0.717) is 63.1 Å². The summed E-state index contributed by atoms with van der Waals surface area (Å²) in [6, 6.07) is 17.8. The minimum atomic E-state index is -0.655. The Morgan fingerprint density at radius 1 is 1.04 bits per heavy atom. The molecule has 3 aromatic heterocycles. The number of carbonyl (C=O) groups excluding carboxylic acids is 2. The number of aryl methyl sites for hydroxylation is 1. The second kappa shape index (κ2) is 13.8. The molecule has 5 aromatic rings. The lowest BCUT2D eigenvalue weighted by atomic mass is 9.98. The van der Waals surface area contributed by atoms with Crippen LogP contribution in [0.3, 0.4) is 0 Å². The van der Waals surface area contributed by atoms with Gasteiger partial charge in [-0.15, -0.1) is 11.8 Å². The first-order valence-electron chi connectivity index (χ1n) is 16.4. The SMILES string of the molecule is CCOc1cc(-c2n[nH]c3ccc(NC(=O)[C@]4(SC)CCN(CC(=O)N5CC=C(c6ccc(-c7ncn(C)n7)cc6)CC5)C4)cc23)ccn1. The molecule has 1 fully saturated rings. The second-order valence-electron chi connectivity index (χ2n) is 12.4. The molecule has 5 heterocycles. The maximum absolute atomic E-state index is 13.8. The van der Waals surface area contributed by atoms with Gasteiger partial charge in [-0.1, -0.05) is 30.3 Å². The third-order valence-electron chi connectivity index (χ3n) is 9.27. The highest BCUT2D eigenvalue weighted by atomic mass is 32.2. The highest BCUT2D eigenvalue weighted by molar-refractivity contribution is 8.00. The summed E-state index contributed by atoms with van der Waals surface area (Å²) in [6.07, 6.45) is 8.97. The van der Waals surface area contributed by atoms with Crippen LogP contribution in [0.25, 0.3) is 39.1 Å². The molecular weight excluding hydrogens is 639 g/mol. The first kappa shape index (κ1) is 32.5. The van der Waals surface area contributed by atoms with E-state index in [-0.39, 0.29) is 11.8 Å². The van der Waals surface area contributed by atoms with Crippen molar-refractivity contribution in [1.82, 2.24) is 39.7 Å². The van der Waals surface area contributed by atoms with Gasteiger partial charge in [0.05, 0.1) is 18.7 Å². The number of benzene rings is 2. The van der Waals surface area contributed by atoms with Gasteiger partial charge in [0.2, 0.25) is 17.7 Å². The van der Waals surface area contributed by atoms with Crippen LogP contribution in [0.4, 0.5) is 5.69 Å². The largest absolute Gasteiger partial charge is 0.478 e. The number of anilines is 1. The number of rotatable bonds is 10. The fraction of sp³-hybridized carbons (Fsp3) is 0.333. The molecule has 2 aromatic carbocycles. The van der Waals surface area contributed by atoms with Crippen LogP contribution in [-0.4, -0.2) is 102 Å². The summed E-state index contributed by atoms with van der Waals surface area (Å²) in [5, 5.41) is 16.0. The Balaban J connectivity index is 0.963. The second-order valence-corrected chi connectivity index (χ2v) is 13.6. The number of aromatic amines is 1. The smallest absolute Gasteiger partial charge is 0.241 e. The Kier molecular flexibility index (Phi) is 9.19. The zero-order valence-electron chi connectivity index (χ0n) is 27.8. The number of carbonyl (C=O) groups is 2. The minimum Gasteiger partial charge on any atom is -0.478 e. The Morgan fingerprint density at radius 3 is 2.61 bits per heavy atom. The first-order valence-corrected chi connectivity index (χ1v) is 17.7. The van der Waals surface area contributed by atoms with Gasteiger partial charge in [-0.3, -0.25) is 24.3 Å². The van der Waals surface area contributed by atoms with E-state index in [2.05, 4.69) is 53.7 Å². The first-order chi connectivity index (χ1) is 23.8. The zero-order chi connectivity index (χ0) is 34.0. The van der Waals surface area contributed by atoms with E-state index in [9.17, 15) is 9.59 Å². The van der Waals surface area contributed by atoms with Crippen LogP contribution >= 0.6 is 11.8 Å². The van der Waals surface area contributed by atoms with E-state index in [4.69, 9.17) is 4.74 Å². The maximum atomic E-state index is 13.8. The fourth-order valence-corrected chi connectivity index (χ4v) is 7.38. The molecule has 7 rings (SSSR count). The van der Waals surface area contributed by atoms with Gasteiger partial charge in [-0.05, 0) is 61.4 Å². The summed E-state index contributed by atoms with van der Waals surface area (Å²) in [4.78, 5) is 39.8. The molecular formula is C36H39N9O3S. The molecule has 2 aliphatic heterocycles. The number of thioether (sulfide) groups is 1. The van der Waals surface area contributed by atoms with Crippen molar-refractivity contribution >= 4 is 45.7 Å². The molecule has 1 atom stereocenters. The number of pyridine rings is 1. The topological polar surface area (TPSA) is 134 Å². The predicted octanol–water partition coefficient (Wildman–Crippen LogP) is 4.88. The number of nitrogens with zero attached hydrogens (tertiary/aromatic N) is 7. The monoisotopic (exact) mass is 677 g/mol. The Labute approximate surface area is 288 Å². The number of hydrogen-bond acceptors (Lipinski definition) is 9. The van der Waals surface area contributed by atoms with Crippen molar-refractivity contribution in [2.45, 2.75) is 24.5 Å². The lowest BCUT2D eigenvalue weighted by Crippen LogP contribution is -2.45. The van der Waals surface area contributed by atoms with Crippen LogP contribution in [0.2, 0.25) is 0 Å². The molecule has 49 heavy (non-hydrogen) atoms. The van der Waals surface area contributed by atoms with E-state index < -0.39 is 4.75 Å². The quantitative estimate of drug-likeness (QED) is 0.212. The summed E-state index contributed by atoms with van der Waals surface area (Å²) >= 11 is 1.55. The van der Waals surface area contributed by atoms with Crippen molar-refractivity contribution in [3.05, 3.63) is 78.8 Å². The van der Waals surface area contributed by atoms with E-state index in [0.717, 1.165) is 39.7 Å². The fourth-order valence-electron chi connectivity index (χ4n) is 6.53. The third-order valence-corrected chi connectivity index (χ3v) is 10.6. The average molecular weight is 678 g/mol. The molecule has 0 saturated carbocycles. The summed E-state index contributed by atoms with van der Waals surface area (Å²) < 4.78 is 6.61. The molecule has 2 aliphatic rings. The molecule has 2 N–H and O–H groups in total. The van der Waals surface area contributed by atoms with Crippen LogP contribution < -0.4 is 10.1 Å². The Morgan fingerprint density at radius 2 is 1.88 bits per heavy atom. The Hall–Kier alpha value is -5.01. The van der Waals surface area contributed by atoms with E-state index in [1.807, 2.05) is 67.6 Å². The number of nitrogens with one attached hydrogen (secondary N) is 2. The number of aromatic nitrogens is 6. The highest BCUT2D eigenvalue weighted by Crippen LogP contribution is 2.36. The molecule has 0 spiro atoms. The van der Waals surface area contributed by atoms with Gasteiger partial charge in [-0.2, -0.15) is 10.2 Å². The maximum Gasteiger partial charge on any atom is 0.241 e. The normalized spacial score (nSPS) is 18.1. The van der Waals surface area contributed by atoms with Gasteiger partial charge in [0.1, 0.15) is 16.8 Å². The van der Waals surface area contributed by atoms with Gasteiger partial charge >= 0.3 is 0 Å². The van der Waals surface area contributed by atoms with Crippen molar-refractivity contribution in [2.75, 3.05) is 50.9 Å². The van der Waals surface area contributed by atoms with Crippen LogP contribution in [-0.2, 0) is 16.6 Å². The van der Waals surface area contributed by atoms with Crippen molar-refractivity contribution in [2.24, 2.45) is 7.05 Å². The summed E-state index contributed by atoms with van der Waals surface area (Å²) in [7, 11) is 1.86. The minimum absolute atomic E-state index is 0.0581. The molecule has 12 nitrogen and oxygen atoms in total. The molecule has 0 aliphatic carbocycles. The average Bonchev–Trinajstić information content (AvgIpc) is 3.87. The van der Waals surface area contributed by atoms with Crippen molar-refractivity contribution in [1.29, 1.82) is 0 Å². The number of H-pyrrole nitrogens is 1. The van der Waals surface area contributed by atoms with Gasteiger partial charge in [-0.25, -0.2) is 9.97 Å². The zero-order valence-corrected chi connectivity index (χ0v) is 28.7. The van der Waals surface area contributed by atoms with Crippen LogP contribution in [0.5, 0.6) is 5.88 Å². The molecule has 1 saturated heterocycles. The Bertz CT molecular complexity index is 2020. The lowest BCUT2D eigenvalue weighted by molar-refractivity contribution is -0.132. The number of amides is 2. The van der Waals surface area contributed by atoms with Crippen LogP contribution in [0.15, 0.2) is 73.2 Å². The van der Waals surface area contributed by atoms with Gasteiger partial charge in [0.15, 0.2) is 5.82 Å². The summed E-state index contributed by atoms with van der Waals surface area (Å²) in [5.41, 5.74) is 6.56. The van der Waals surface area contributed by atoms with E-state index in [1.54, 1.807) is 29.0 Å². The third kappa shape index (κ3) is 6.81. The number of ether oxygens (including phenoxy) is 1. The highest BCUT2D eigenvalue weighted by Gasteiger charge is 2.44. The van der Waals surface area contributed by atoms with Crippen LogP contribution in [0, 0.1) is 0 Å². The molecule has 0 unspecified atom stereocenters.